The lowest BCUT2D eigenvalue weighted by molar-refractivity contribution is 1.10. The highest BCUT2D eigenvalue weighted by Crippen LogP contribution is 2.22. The molecule has 15 heavy (non-hydrogen) atoms. The van der Waals surface area contributed by atoms with Gasteiger partial charge >= 0.3 is 0 Å². The lowest BCUT2D eigenvalue weighted by Crippen LogP contribution is -1.92. The zero-order valence-electron chi connectivity index (χ0n) is 8.24. The number of hydrogen-bond acceptors (Lipinski definition) is 2. The van der Waals surface area contributed by atoms with E-state index in [9.17, 15) is 0 Å². The van der Waals surface area contributed by atoms with Crippen molar-refractivity contribution in [1.82, 2.24) is 0 Å². The molecule has 78 valence electrons. The molecule has 0 saturated heterocycles. The summed E-state index contributed by atoms with van der Waals surface area (Å²) in [5.41, 5.74) is 8.02. The number of hydrogen-bond donors (Lipinski definition) is 1. The molecule has 2 N–H and O–H groups in total. The maximum Gasteiger partial charge on any atom is 0.0441 e. The Morgan fingerprint density at radius 3 is 2.73 bits per heavy atom. The minimum atomic E-state index is 0.618. The highest BCUT2D eigenvalue weighted by molar-refractivity contribution is 7.10. The Kier molecular flexibility index (Phi) is 3.41. The molecule has 1 heterocycles. The van der Waals surface area contributed by atoms with Crippen LogP contribution in [0.15, 0.2) is 35.7 Å². The van der Waals surface area contributed by atoms with Gasteiger partial charge in [0, 0.05) is 16.4 Å². The first-order valence-electron chi connectivity index (χ1n) is 4.79. The average molecular weight is 238 g/mol. The van der Waals surface area contributed by atoms with Crippen LogP contribution in [0.1, 0.15) is 16.0 Å². The van der Waals surface area contributed by atoms with Crippen molar-refractivity contribution >= 4 is 22.9 Å². The van der Waals surface area contributed by atoms with Gasteiger partial charge in [-0.15, -0.1) is 11.3 Å². The van der Waals surface area contributed by atoms with Crippen LogP contribution in [0.25, 0.3) is 0 Å². The zero-order chi connectivity index (χ0) is 10.7. The number of halogens is 1. The van der Waals surface area contributed by atoms with Crippen LogP contribution in [0.2, 0.25) is 5.02 Å². The molecular weight excluding hydrogens is 226 g/mol. The maximum atomic E-state index is 6.09. The fourth-order valence-corrected chi connectivity index (χ4v) is 2.46. The van der Waals surface area contributed by atoms with Gasteiger partial charge in [-0.25, -0.2) is 0 Å². The molecule has 0 spiro atoms. The second-order valence-corrected chi connectivity index (χ2v) is 4.80. The Labute approximate surface area is 98.5 Å². The highest BCUT2D eigenvalue weighted by atomic mass is 35.5. The standard InChI is InChI=1S/C12H12ClNS/c13-12-4-2-1-3-10(12)5-9-6-11(7-14)15-8-9/h1-4,6,8H,5,7,14H2. The molecule has 0 aliphatic carbocycles. The molecule has 0 aliphatic rings. The van der Waals surface area contributed by atoms with Crippen LogP contribution in [0.5, 0.6) is 0 Å². The quantitative estimate of drug-likeness (QED) is 0.870. The Bertz CT molecular complexity index is 450. The summed E-state index contributed by atoms with van der Waals surface area (Å²) >= 11 is 7.80. The van der Waals surface area contributed by atoms with Crippen molar-refractivity contribution in [3.05, 3.63) is 56.7 Å². The van der Waals surface area contributed by atoms with Crippen molar-refractivity contribution in [3.63, 3.8) is 0 Å². The van der Waals surface area contributed by atoms with E-state index in [-0.39, 0.29) is 0 Å². The molecule has 0 fully saturated rings. The summed E-state index contributed by atoms with van der Waals surface area (Å²) in [5.74, 6) is 0. The predicted octanol–water partition coefficient (Wildman–Crippen LogP) is 3.45. The van der Waals surface area contributed by atoms with E-state index < -0.39 is 0 Å². The van der Waals surface area contributed by atoms with Gasteiger partial charge < -0.3 is 5.73 Å². The second-order valence-electron chi connectivity index (χ2n) is 3.39. The second kappa shape index (κ2) is 4.79. The van der Waals surface area contributed by atoms with Crippen LogP contribution >= 0.6 is 22.9 Å². The van der Waals surface area contributed by atoms with Crippen LogP contribution in [0.4, 0.5) is 0 Å². The average Bonchev–Trinajstić information content (AvgIpc) is 2.69. The largest absolute Gasteiger partial charge is 0.326 e. The minimum Gasteiger partial charge on any atom is -0.326 e. The predicted molar refractivity (Wildman–Crippen MR) is 66.5 cm³/mol. The van der Waals surface area contributed by atoms with Gasteiger partial charge in [-0.2, -0.15) is 0 Å². The SMILES string of the molecule is NCc1cc(Cc2ccccc2Cl)cs1. The first kappa shape index (κ1) is 10.7. The van der Waals surface area contributed by atoms with Crippen molar-refractivity contribution in [1.29, 1.82) is 0 Å². The highest BCUT2D eigenvalue weighted by Gasteiger charge is 2.02. The summed E-state index contributed by atoms with van der Waals surface area (Å²) in [7, 11) is 0. The van der Waals surface area contributed by atoms with E-state index in [1.165, 1.54) is 16.0 Å². The smallest absolute Gasteiger partial charge is 0.0441 e. The van der Waals surface area contributed by atoms with Gasteiger partial charge in [-0.05, 0) is 35.1 Å². The maximum absolute atomic E-state index is 6.09. The van der Waals surface area contributed by atoms with Crippen LogP contribution in [0.3, 0.4) is 0 Å². The van der Waals surface area contributed by atoms with E-state index in [2.05, 4.69) is 17.5 Å². The Morgan fingerprint density at radius 2 is 2.07 bits per heavy atom. The lowest BCUT2D eigenvalue weighted by atomic mass is 10.1. The fourth-order valence-electron chi connectivity index (χ4n) is 1.49. The van der Waals surface area contributed by atoms with Crippen LogP contribution in [-0.4, -0.2) is 0 Å². The van der Waals surface area contributed by atoms with Crippen LogP contribution < -0.4 is 5.73 Å². The Hall–Kier alpha value is -0.830. The van der Waals surface area contributed by atoms with E-state index in [4.69, 9.17) is 17.3 Å². The van der Waals surface area contributed by atoms with E-state index in [0.29, 0.717) is 6.54 Å². The summed E-state index contributed by atoms with van der Waals surface area (Å²) in [6.07, 6.45) is 0.885. The minimum absolute atomic E-state index is 0.618. The molecule has 0 saturated carbocycles. The molecule has 0 amide bonds. The molecule has 2 rings (SSSR count). The third-order valence-electron chi connectivity index (χ3n) is 2.26. The van der Waals surface area contributed by atoms with Gasteiger partial charge in [0.2, 0.25) is 0 Å². The van der Waals surface area contributed by atoms with Crippen molar-refractivity contribution < 1.29 is 0 Å². The summed E-state index contributed by atoms with van der Waals surface area (Å²) in [4.78, 5) is 1.22. The molecule has 0 bridgehead atoms. The number of thiophene rings is 1. The fraction of sp³-hybridized carbons (Fsp3) is 0.167. The Balaban J connectivity index is 2.18. The summed E-state index contributed by atoms with van der Waals surface area (Å²) in [5, 5.41) is 2.98. The van der Waals surface area contributed by atoms with E-state index in [0.717, 1.165) is 11.4 Å². The molecule has 0 aliphatic heterocycles. The normalized spacial score (nSPS) is 10.5. The number of rotatable bonds is 3. The third-order valence-corrected chi connectivity index (χ3v) is 3.64. The first-order valence-corrected chi connectivity index (χ1v) is 6.05. The number of benzene rings is 1. The van der Waals surface area contributed by atoms with Crippen LogP contribution in [0, 0.1) is 0 Å². The summed E-state index contributed by atoms with van der Waals surface area (Å²) in [6, 6.07) is 10.1. The van der Waals surface area contributed by atoms with Gasteiger partial charge in [0.25, 0.3) is 0 Å². The molecule has 3 heteroatoms. The van der Waals surface area contributed by atoms with Crippen molar-refractivity contribution in [2.45, 2.75) is 13.0 Å². The molecule has 1 aromatic carbocycles. The summed E-state index contributed by atoms with van der Waals surface area (Å²) < 4.78 is 0. The molecular formula is C12H12ClNS. The molecule has 2 aromatic rings. The van der Waals surface area contributed by atoms with Gasteiger partial charge in [0.1, 0.15) is 0 Å². The number of nitrogens with two attached hydrogens (primary N) is 1. The Morgan fingerprint density at radius 1 is 1.27 bits per heavy atom. The molecule has 0 radical (unpaired) electrons. The van der Waals surface area contributed by atoms with Gasteiger partial charge in [0.15, 0.2) is 0 Å². The van der Waals surface area contributed by atoms with Crippen LogP contribution in [-0.2, 0) is 13.0 Å². The molecule has 1 aromatic heterocycles. The van der Waals surface area contributed by atoms with Crippen molar-refractivity contribution in [2.75, 3.05) is 0 Å². The van der Waals surface area contributed by atoms with Gasteiger partial charge in [-0.3, -0.25) is 0 Å². The molecule has 0 atom stereocenters. The molecule has 0 unspecified atom stereocenters. The van der Waals surface area contributed by atoms with E-state index in [1.54, 1.807) is 11.3 Å². The monoisotopic (exact) mass is 237 g/mol. The van der Waals surface area contributed by atoms with Gasteiger partial charge in [0.05, 0.1) is 0 Å². The lowest BCUT2D eigenvalue weighted by Gasteiger charge is -2.01. The van der Waals surface area contributed by atoms with Crippen molar-refractivity contribution in [3.8, 4) is 0 Å². The van der Waals surface area contributed by atoms with E-state index >= 15 is 0 Å². The summed E-state index contributed by atoms with van der Waals surface area (Å²) in [6.45, 7) is 0.618. The van der Waals surface area contributed by atoms with Crippen molar-refractivity contribution in [2.24, 2.45) is 5.73 Å². The third kappa shape index (κ3) is 2.59. The topological polar surface area (TPSA) is 26.0 Å². The zero-order valence-corrected chi connectivity index (χ0v) is 9.81. The van der Waals surface area contributed by atoms with E-state index in [1.807, 2.05) is 18.2 Å². The van der Waals surface area contributed by atoms with Gasteiger partial charge in [-0.1, -0.05) is 29.8 Å². The molecule has 1 nitrogen and oxygen atoms in total. The first-order chi connectivity index (χ1) is 7.29.